The fourth-order valence-corrected chi connectivity index (χ4v) is 2.76. The first-order valence-electron chi connectivity index (χ1n) is 9.56. The molecule has 0 bridgehead atoms. The van der Waals surface area contributed by atoms with E-state index in [0.717, 1.165) is 16.7 Å². The molecule has 0 aliphatic heterocycles. The van der Waals surface area contributed by atoms with Crippen molar-refractivity contribution in [3.63, 3.8) is 0 Å². The topological polar surface area (TPSA) is 55.8 Å². The second-order valence-corrected chi connectivity index (χ2v) is 6.59. The maximum Gasteiger partial charge on any atom is 0.303 e. The maximum atomic E-state index is 10.6. The quantitative estimate of drug-likeness (QED) is 0.482. The number of ether oxygens (including phenoxy) is 2. The molecule has 0 aliphatic carbocycles. The highest BCUT2D eigenvalue weighted by atomic mass is 16.5. The van der Waals surface area contributed by atoms with Gasteiger partial charge in [0.15, 0.2) is 11.5 Å². The van der Waals surface area contributed by atoms with Gasteiger partial charge in [-0.3, -0.25) is 4.79 Å². The van der Waals surface area contributed by atoms with Crippen LogP contribution in [0.5, 0.6) is 11.5 Å². The number of aliphatic carboxylic acids is 1. The first-order chi connectivity index (χ1) is 14.2. The first kappa shape index (κ1) is 20.2. The van der Waals surface area contributed by atoms with Crippen LogP contribution < -0.4 is 9.47 Å². The highest BCUT2D eigenvalue weighted by Crippen LogP contribution is 2.30. The van der Waals surface area contributed by atoms with E-state index >= 15 is 0 Å². The third-order valence-corrected chi connectivity index (χ3v) is 4.28. The summed E-state index contributed by atoms with van der Waals surface area (Å²) in [5.74, 6) is 0.531. The molecule has 0 saturated carbocycles. The lowest BCUT2D eigenvalue weighted by molar-refractivity contribution is -0.136. The van der Waals surface area contributed by atoms with Gasteiger partial charge in [-0.2, -0.15) is 0 Å². The Hall–Kier alpha value is -3.53. The van der Waals surface area contributed by atoms with Crippen LogP contribution in [0.25, 0.3) is 6.08 Å². The van der Waals surface area contributed by atoms with Crippen molar-refractivity contribution < 1.29 is 19.4 Å². The van der Waals surface area contributed by atoms with Gasteiger partial charge in [-0.25, -0.2) is 0 Å². The molecule has 3 aromatic rings. The Balaban J connectivity index is 1.73. The van der Waals surface area contributed by atoms with Crippen LogP contribution in [-0.4, -0.2) is 11.1 Å². The Bertz CT molecular complexity index is 934. The monoisotopic (exact) mass is 388 g/mol. The zero-order chi connectivity index (χ0) is 20.3. The molecule has 4 heteroatoms. The summed E-state index contributed by atoms with van der Waals surface area (Å²) in [6.07, 6.45) is 4.36. The molecule has 4 nitrogen and oxygen atoms in total. The molecule has 0 aliphatic rings. The molecule has 1 N–H and O–H groups in total. The fraction of sp³-hybridized carbons (Fsp3) is 0.160. The largest absolute Gasteiger partial charge is 0.485 e. The lowest BCUT2D eigenvalue weighted by Crippen LogP contribution is -2.01. The van der Waals surface area contributed by atoms with Crippen molar-refractivity contribution in [2.24, 2.45) is 0 Å². The molecule has 3 aromatic carbocycles. The second-order valence-electron chi connectivity index (χ2n) is 6.59. The van der Waals surface area contributed by atoms with Crippen LogP contribution in [0.4, 0.5) is 0 Å². The molecule has 0 saturated heterocycles. The lowest BCUT2D eigenvalue weighted by Gasteiger charge is -2.14. The summed E-state index contributed by atoms with van der Waals surface area (Å²) in [6.45, 7) is 0.894. The molecular weight excluding hydrogens is 364 g/mol. The number of carboxylic acids is 1. The molecular formula is C25H24O4. The van der Waals surface area contributed by atoms with Crippen LogP contribution in [0.15, 0.2) is 84.9 Å². The molecule has 29 heavy (non-hydrogen) atoms. The minimum Gasteiger partial charge on any atom is -0.485 e. The van der Waals surface area contributed by atoms with Gasteiger partial charge in [0, 0.05) is 6.42 Å². The molecule has 148 valence electrons. The smallest absolute Gasteiger partial charge is 0.303 e. The van der Waals surface area contributed by atoms with Crippen molar-refractivity contribution in [1.29, 1.82) is 0 Å². The Morgan fingerprint density at radius 3 is 1.97 bits per heavy atom. The highest BCUT2D eigenvalue weighted by molar-refractivity contribution is 5.67. The fourth-order valence-electron chi connectivity index (χ4n) is 2.76. The van der Waals surface area contributed by atoms with Gasteiger partial charge in [0.25, 0.3) is 0 Å². The van der Waals surface area contributed by atoms with Crippen LogP contribution in [0.1, 0.15) is 29.5 Å². The molecule has 0 atom stereocenters. The van der Waals surface area contributed by atoms with Gasteiger partial charge in [-0.15, -0.1) is 0 Å². The molecule has 0 amide bonds. The SMILES string of the molecule is O=C(O)CCC=Cc1ccc(OCc2ccccc2)c(OCc2ccccc2)c1. The minimum atomic E-state index is -0.800. The normalized spacial score (nSPS) is 10.8. The number of benzene rings is 3. The zero-order valence-electron chi connectivity index (χ0n) is 16.2. The van der Waals surface area contributed by atoms with Gasteiger partial charge in [0.2, 0.25) is 0 Å². The maximum absolute atomic E-state index is 10.6. The van der Waals surface area contributed by atoms with E-state index in [1.807, 2.05) is 91.0 Å². The summed E-state index contributed by atoms with van der Waals surface area (Å²) in [6, 6.07) is 25.7. The Labute approximate surface area is 171 Å². The van der Waals surface area contributed by atoms with Gasteiger partial charge in [0.05, 0.1) is 0 Å². The summed E-state index contributed by atoms with van der Waals surface area (Å²) in [5, 5.41) is 8.75. The van der Waals surface area contributed by atoms with Gasteiger partial charge in [-0.05, 0) is 35.2 Å². The number of hydrogen-bond donors (Lipinski definition) is 1. The number of carbonyl (C=O) groups is 1. The van der Waals surface area contributed by atoms with E-state index in [2.05, 4.69) is 0 Å². The highest BCUT2D eigenvalue weighted by Gasteiger charge is 2.07. The van der Waals surface area contributed by atoms with Gasteiger partial charge in [0.1, 0.15) is 13.2 Å². The third-order valence-electron chi connectivity index (χ3n) is 4.28. The molecule has 0 unspecified atom stereocenters. The van der Waals surface area contributed by atoms with E-state index in [1.54, 1.807) is 0 Å². The second kappa shape index (κ2) is 10.7. The molecule has 0 spiro atoms. The van der Waals surface area contributed by atoms with Crippen molar-refractivity contribution in [1.82, 2.24) is 0 Å². The van der Waals surface area contributed by atoms with Gasteiger partial charge >= 0.3 is 5.97 Å². The predicted octanol–water partition coefficient (Wildman–Crippen LogP) is 5.72. The predicted molar refractivity (Wildman–Crippen MR) is 114 cm³/mol. The summed E-state index contributed by atoms with van der Waals surface area (Å²) in [5.41, 5.74) is 3.09. The number of carboxylic acid groups (broad SMARTS) is 1. The van der Waals surface area contributed by atoms with Crippen LogP contribution in [0, 0.1) is 0 Å². The number of hydrogen-bond acceptors (Lipinski definition) is 3. The first-order valence-corrected chi connectivity index (χ1v) is 9.56. The average molecular weight is 388 g/mol. The van der Waals surface area contributed by atoms with Crippen LogP contribution in [0.3, 0.4) is 0 Å². The Kier molecular flexibility index (Phi) is 7.47. The molecule has 0 aromatic heterocycles. The summed E-state index contributed by atoms with van der Waals surface area (Å²) in [7, 11) is 0. The van der Waals surface area contributed by atoms with Gasteiger partial charge in [-0.1, -0.05) is 78.9 Å². The number of allylic oxidation sites excluding steroid dienone is 1. The van der Waals surface area contributed by atoms with Crippen LogP contribution in [0.2, 0.25) is 0 Å². The minimum absolute atomic E-state index is 0.117. The Morgan fingerprint density at radius 2 is 1.38 bits per heavy atom. The molecule has 0 heterocycles. The van der Waals surface area contributed by atoms with E-state index < -0.39 is 5.97 Å². The van der Waals surface area contributed by atoms with Crippen molar-refractivity contribution >= 4 is 12.0 Å². The summed E-state index contributed by atoms with van der Waals surface area (Å²) in [4.78, 5) is 10.6. The zero-order valence-corrected chi connectivity index (χ0v) is 16.2. The Morgan fingerprint density at radius 1 is 0.793 bits per heavy atom. The average Bonchev–Trinajstić information content (AvgIpc) is 2.76. The van der Waals surface area contributed by atoms with Crippen molar-refractivity contribution in [3.8, 4) is 11.5 Å². The van der Waals surface area contributed by atoms with E-state index in [4.69, 9.17) is 14.6 Å². The number of rotatable bonds is 10. The third kappa shape index (κ3) is 6.85. The van der Waals surface area contributed by atoms with Crippen LogP contribution >= 0.6 is 0 Å². The van der Waals surface area contributed by atoms with E-state index in [0.29, 0.717) is 31.1 Å². The van der Waals surface area contributed by atoms with Crippen molar-refractivity contribution in [2.45, 2.75) is 26.1 Å². The summed E-state index contributed by atoms with van der Waals surface area (Å²) >= 11 is 0. The molecule has 0 fully saturated rings. The summed E-state index contributed by atoms with van der Waals surface area (Å²) < 4.78 is 12.0. The van der Waals surface area contributed by atoms with E-state index in [-0.39, 0.29) is 6.42 Å². The van der Waals surface area contributed by atoms with E-state index in [9.17, 15) is 4.79 Å². The van der Waals surface area contributed by atoms with Crippen LogP contribution in [-0.2, 0) is 18.0 Å². The van der Waals surface area contributed by atoms with E-state index in [1.165, 1.54) is 0 Å². The molecule has 3 rings (SSSR count). The van der Waals surface area contributed by atoms with Crippen molar-refractivity contribution in [3.05, 3.63) is 102 Å². The van der Waals surface area contributed by atoms with Gasteiger partial charge < -0.3 is 14.6 Å². The molecule has 0 radical (unpaired) electrons. The standard InChI is InChI=1S/C25H24O4/c26-25(27)14-8-7-9-20-15-16-23(28-18-21-10-3-1-4-11-21)24(17-20)29-19-22-12-5-2-6-13-22/h1-7,9-13,15-17H,8,14,18-19H2,(H,26,27). The van der Waals surface area contributed by atoms with Crippen molar-refractivity contribution in [2.75, 3.05) is 0 Å². The lowest BCUT2D eigenvalue weighted by atomic mass is 10.1.